The quantitative estimate of drug-likeness (QED) is 0.883. The van der Waals surface area contributed by atoms with Gasteiger partial charge in [-0.05, 0) is 36.1 Å². The Morgan fingerprint density at radius 3 is 2.95 bits per heavy atom. The van der Waals surface area contributed by atoms with Crippen molar-refractivity contribution in [1.82, 2.24) is 9.88 Å². The van der Waals surface area contributed by atoms with E-state index in [9.17, 15) is 4.79 Å². The first-order valence-corrected chi connectivity index (χ1v) is 7.33. The van der Waals surface area contributed by atoms with Crippen molar-refractivity contribution in [2.45, 2.75) is 13.5 Å². The van der Waals surface area contributed by atoms with Crippen molar-refractivity contribution in [2.75, 3.05) is 13.7 Å². The zero-order chi connectivity index (χ0) is 15.2. The Labute approximate surface area is 128 Å². The molecule has 4 nitrogen and oxygen atoms in total. The Kier molecular flexibility index (Phi) is 5.09. The van der Waals surface area contributed by atoms with Gasteiger partial charge >= 0.3 is 0 Å². The minimum atomic E-state index is -0.147. The Bertz CT molecular complexity index is 680. The van der Waals surface area contributed by atoms with Gasteiger partial charge < -0.3 is 10.0 Å². The number of pyridine rings is 1. The Hall–Kier alpha value is -2.16. The normalized spacial score (nSPS) is 9.86. The number of amides is 1. The van der Waals surface area contributed by atoms with Gasteiger partial charge in [0, 0.05) is 25.5 Å². The predicted octanol–water partition coefficient (Wildman–Crippen LogP) is 2.07. The number of hydrogen-bond acceptors (Lipinski definition) is 4. The van der Waals surface area contributed by atoms with Crippen molar-refractivity contribution >= 4 is 17.2 Å². The minimum Gasteiger partial charge on any atom is -0.384 e. The number of aliphatic hydroxyl groups excluding tert-OH is 1. The lowest BCUT2D eigenvalue weighted by molar-refractivity contribution is 0.0785. The number of aryl methyl sites for hydroxylation is 1. The number of hydrogen-bond donors (Lipinski definition) is 1. The molecule has 21 heavy (non-hydrogen) atoms. The van der Waals surface area contributed by atoms with Crippen LogP contribution in [0.1, 0.15) is 26.5 Å². The van der Waals surface area contributed by atoms with E-state index >= 15 is 0 Å². The summed E-state index contributed by atoms with van der Waals surface area (Å²) in [6.45, 7) is 2.26. The molecule has 0 aliphatic carbocycles. The first kappa shape index (κ1) is 15.2. The van der Waals surface area contributed by atoms with E-state index in [1.807, 2.05) is 24.4 Å². The zero-order valence-corrected chi connectivity index (χ0v) is 12.8. The summed E-state index contributed by atoms with van der Waals surface area (Å²) in [5, 5.41) is 10.6. The fraction of sp³-hybridized carbons (Fsp3) is 0.250. The minimum absolute atomic E-state index is 0.0586. The number of thiophene rings is 1. The Morgan fingerprint density at radius 1 is 1.48 bits per heavy atom. The van der Waals surface area contributed by atoms with Gasteiger partial charge in [0.15, 0.2) is 0 Å². The van der Waals surface area contributed by atoms with Crippen LogP contribution < -0.4 is 0 Å². The third-order valence-electron chi connectivity index (χ3n) is 2.87. The molecule has 0 saturated heterocycles. The highest BCUT2D eigenvalue weighted by Crippen LogP contribution is 2.16. The molecule has 0 fully saturated rings. The molecule has 0 unspecified atom stereocenters. The highest BCUT2D eigenvalue weighted by atomic mass is 32.1. The number of nitrogens with zero attached hydrogens (tertiary/aromatic N) is 2. The molecular formula is C16H16N2O2S. The van der Waals surface area contributed by atoms with Crippen LogP contribution in [-0.2, 0) is 6.54 Å². The monoisotopic (exact) mass is 300 g/mol. The molecule has 0 aromatic carbocycles. The van der Waals surface area contributed by atoms with Gasteiger partial charge in [0.05, 0.1) is 10.4 Å². The van der Waals surface area contributed by atoms with E-state index in [1.165, 1.54) is 11.3 Å². The van der Waals surface area contributed by atoms with Gasteiger partial charge in [-0.25, -0.2) is 0 Å². The van der Waals surface area contributed by atoms with E-state index in [1.54, 1.807) is 24.2 Å². The van der Waals surface area contributed by atoms with Gasteiger partial charge in [0.25, 0.3) is 5.91 Å². The van der Waals surface area contributed by atoms with E-state index in [4.69, 9.17) is 5.11 Å². The summed E-state index contributed by atoms with van der Waals surface area (Å²) in [4.78, 5) is 18.9. The SMILES string of the molecule is Cc1ccc(C(=O)N(C)Cc2csc(C#CCO)c2)cn1. The molecule has 5 heteroatoms. The molecule has 2 heterocycles. The fourth-order valence-electron chi connectivity index (χ4n) is 1.81. The van der Waals surface area contributed by atoms with Crippen LogP contribution in [-0.4, -0.2) is 34.6 Å². The van der Waals surface area contributed by atoms with Crippen LogP contribution in [0.5, 0.6) is 0 Å². The van der Waals surface area contributed by atoms with Crippen LogP contribution in [0, 0.1) is 18.8 Å². The van der Waals surface area contributed by atoms with E-state index in [2.05, 4.69) is 16.8 Å². The second kappa shape index (κ2) is 7.02. The van der Waals surface area contributed by atoms with Gasteiger partial charge in [-0.15, -0.1) is 11.3 Å². The molecule has 0 bridgehead atoms. The van der Waals surface area contributed by atoms with Gasteiger partial charge in [0.2, 0.25) is 0 Å². The van der Waals surface area contributed by atoms with Crippen molar-refractivity contribution in [3.8, 4) is 11.8 Å². The first-order chi connectivity index (χ1) is 10.1. The van der Waals surface area contributed by atoms with Crippen LogP contribution in [0.15, 0.2) is 29.8 Å². The average molecular weight is 300 g/mol. The predicted molar refractivity (Wildman–Crippen MR) is 83.1 cm³/mol. The van der Waals surface area contributed by atoms with E-state index in [0.29, 0.717) is 12.1 Å². The van der Waals surface area contributed by atoms with Gasteiger partial charge in [-0.2, -0.15) is 0 Å². The van der Waals surface area contributed by atoms with Crippen molar-refractivity contribution < 1.29 is 9.90 Å². The molecule has 0 radical (unpaired) electrons. The van der Waals surface area contributed by atoms with Crippen LogP contribution >= 0.6 is 11.3 Å². The fourth-order valence-corrected chi connectivity index (χ4v) is 2.58. The number of aliphatic hydroxyl groups is 1. The summed E-state index contributed by atoms with van der Waals surface area (Å²) in [5.74, 6) is 5.41. The molecule has 0 spiro atoms. The van der Waals surface area contributed by atoms with Crippen LogP contribution in [0.4, 0.5) is 0 Å². The molecule has 2 rings (SSSR count). The number of carbonyl (C=O) groups is 1. The molecule has 0 aliphatic rings. The van der Waals surface area contributed by atoms with Crippen LogP contribution in [0.3, 0.4) is 0 Å². The second-order valence-electron chi connectivity index (χ2n) is 4.63. The zero-order valence-electron chi connectivity index (χ0n) is 12.0. The smallest absolute Gasteiger partial charge is 0.255 e. The Balaban J connectivity index is 2.03. The highest BCUT2D eigenvalue weighted by Gasteiger charge is 2.12. The lowest BCUT2D eigenvalue weighted by Crippen LogP contribution is -2.26. The van der Waals surface area contributed by atoms with Crippen molar-refractivity contribution in [2.24, 2.45) is 0 Å². The molecule has 0 aliphatic heterocycles. The summed E-state index contributed by atoms with van der Waals surface area (Å²) in [7, 11) is 1.76. The maximum Gasteiger partial charge on any atom is 0.255 e. The average Bonchev–Trinajstić information content (AvgIpc) is 2.92. The summed E-state index contributed by atoms with van der Waals surface area (Å²) < 4.78 is 0. The summed E-state index contributed by atoms with van der Waals surface area (Å²) in [5.41, 5.74) is 2.50. The maximum absolute atomic E-state index is 12.3. The number of rotatable bonds is 3. The molecule has 2 aromatic heterocycles. The summed E-state index contributed by atoms with van der Waals surface area (Å²) >= 11 is 1.51. The largest absolute Gasteiger partial charge is 0.384 e. The van der Waals surface area contributed by atoms with E-state index in [0.717, 1.165) is 16.1 Å². The number of aromatic nitrogens is 1. The highest BCUT2D eigenvalue weighted by molar-refractivity contribution is 7.10. The second-order valence-corrected chi connectivity index (χ2v) is 5.54. The molecule has 0 saturated carbocycles. The van der Waals surface area contributed by atoms with E-state index < -0.39 is 0 Å². The van der Waals surface area contributed by atoms with Gasteiger partial charge in [-0.1, -0.05) is 11.8 Å². The van der Waals surface area contributed by atoms with Gasteiger partial charge in [-0.3, -0.25) is 9.78 Å². The van der Waals surface area contributed by atoms with Crippen molar-refractivity contribution in [3.05, 3.63) is 51.5 Å². The van der Waals surface area contributed by atoms with E-state index in [-0.39, 0.29) is 12.5 Å². The summed E-state index contributed by atoms with van der Waals surface area (Å²) in [6, 6.07) is 5.55. The topological polar surface area (TPSA) is 53.4 Å². The number of carbonyl (C=O) groups excluding carboxylic acids is 1. The standard InChI is InChI=1S/C16H16N2O2S/c1-12-5-6-14(9-17-12)16(20)18(2)10-13-8-15(21-11-13)4-3-7-19/h5-6,8-9,11,19H,7,10H2,1-2H3. The molecule has 1 N–H and O–H groups in total. The van der Waals surface area contributed by atoms with Crippen molar-refractivity contribution in [3.63, 3.8) is 0 Å². The lowest BCUT2D eigenvalue weighted by atomic mass is 10.2. The lowest BCUT2D eigenvalue weighted by Gasteiger charge is -2.16. The van der Waals surface area contributed by atoms with Gasteiger partial charge in [0.1, 0.15) is 6.61 Å². The molecular weight excluding hydrogens is 284 g/mol. The maximum atomic E-state index is 12.3. The van der Waals surface area contributed by atoms with Crippen LogP contribution in [0.2, 0.25) is 0 Å². The summed E-state index contributed by atoms with van der Waals surface area (Å²) in [6.07, 6.45) is 1.60. The first-order valence-electron chi connectivity index (χ1n) is 6.45. The Morgan fingerprint density at radius 2 is 2.29 bits per heavy atom. The van der Waals surface area contributed by atoms with Crippen LogP contribution in [0.25, 0.3) is 0 Å². The molecule has 108 valence electrons. The van der Waals surface area contributed by atoms with Crippen molar-refractivity contribution in [1.29, 1.82) is 0 Å². The molecule has 1 amide bonds. The molecule has 2 aromatic rings. The third kappa shape index (κ3) is 4.15. The third-order valence-corrected chi connectivity index (χ3v) is 3.76. The molecule has 0 atom stereocenters.